The number of aryl methyl sites for hydroxylation is 1. The SMILES string of the molecule is Cc1cc(NC(=O)CCN2C[C@H]3CNC[C@H]3C2)no1.Cl. The Labute approximate surface area is 124 Å². The van der Waals surface area contributed by atoms with E-state index < -0.39 is 0 Å². The smallest absolute Gasteiger partial charge is 0.226 e. The van der Waals surface area contributed by atoms with Gasteiger partial charge in [0.1, 0.15) is 5.76 Å². The maximum Gasteiger partial charge on any atom is 0.226 e. The molecule has 0 bridgehead atoms. The number of likely N-dealkylation sites (tertiary alicyclic amines) is 1. The van der Waals surface area contributed by atoms with E-state index >= 15 is 0 Å². The Morgan fingerprint density at radius 2 is 2.20 bits per heavy atom. The van der Waals surface area contributed by atoms with Crippen molar-refractivity contribution in [3.63, 3.8) is 0 Å². The first-order valence-corrected chi connectivity index (χ1v) is 6.87. The normalized spacial score (nSPS) is 25.2. The molecule has 3 rings (SSSR count). The molecule has 0 aromatic carbocycles. The van der Waals surface area contributed by atoms with E-state index in [1.165, 1.54) is 0 Å². The van der Waals surface area contributed by atoms with Gasteiger partial charge in [0.25, 0.3) is 0 Å². The number of hydrogen-bond acceptors (Lipinski definition) is 5. The predicted octanol–water partition coefficient (Wildman–Crippen LogP) is 0.885. The highest BCUT2D eigenvalue weighted by atomic mass is 35.5. The fraction of sp³-hybridized carbons (Fsp3) is 0.692. The number of rotatable bonds is 4. The van der Waals surface area contributed by atoms with E-state index in [4.69, 9.17) is 4.52 Å². The molecule has 6 nitrogen and oxygen atoms in total. The number of fused-ring (bicyclic) bond motifs is 1. The van der Waals surface area contributed by atoms with Crippen LogP contribution >= 0.6 is 12.4 Å². The van der Waals surface area contributed by atoms with Crippen molar-refractivity contribution in [1.29, 1.82) is 0 Å². The van der Waals surface area contributed by atoms with Gasteiger partial charge < -0.3 is 20.1 Å². The molecule has 2 fully saturated rings. The molecule has 112 valence electrons. The third kappa shape index (κ3) is 3.50. The molecule has 1 aromatic heterocycles. The second kappa shape index (κ2) is 6.56. The number of nitrogens with one attached hydrogen (secondary N) is 2. The Bertz CT molecular complexity index is 453. The predicted molar refractivity (Wildman–Crippen MR) is 78.0 cm³/mol. The van der Waals surface area contributed by atoms with E-state index in [2.05, 4.69) is 20.7 Å². The zero-order valence-electron chi connectivity index (χ0n) is 11.6. The van der Waals surface area contributed by atoms with Crippen LogP contribution in [0.25, 0.3) is 0 Å². The molecule has 20 heavy (non-hydrogen) atoms. The van der Waals surface area contributed by atoms with Gasteiger partial charge >= 0.3 is 0 Å². The topological polar surface area (TPSA) is 70.4 Å². The first-order chi connectivity index (χ1) is 9.20. The number of aromatic nitrogens is 1. The summed E-state index contributed by atoms with van der Waals surface area (Å²) in [6.45, 7) is 7.13. The van der Waals surface area contributed by atoms with Crippen LogP contribution < -0.4 is 10.6 Å². The molecular formula is C13H21ClN4O2. The number of nitrogens with zero attached hydrogens (tertiary/aromatic N) is 2. The van der Waals surface area contributed by atoms with Crippen molar-refractivity contribution in [2.75, 3.05) is 38.0 Å². The molecule has 3 heterocycles. The quantitative estimate of drug-likeness (QED) is 0.864. The number of hydrogen-bond donors (Lipinski definition) is 2. The first-order valence-electron chi connectivity index (χ1n) is 6.87. The first kappa shape index (κ1) is 15.3. The van der Waals surface area contributed by atoms with Gasteiger partial charge in [-0.2, -0.15) is 0 Å². The number of carbonyl (C=O) groups is 1. The van der Waals surface area contributed by atoms with Crippen LogP contribution in [-0.4, -0.2) is 48.7 Å². The van der Waals surface area contributed by atoms with Crippen LogP contribution in [-0.2, 0) is 4.79 Å². The van der Waals surface area contributed by atoms with Crippen molar-refractivity contribution in [2.45, 2.75) is 13.3 Å². The summed E-state index contributed by atoms with van der Waals surface area (Å²) in [6, 6.07) is 1.73. The highest BCUT2D eigenvalue weighted by molar-refractivity contribution is 5.89. The maximum atomic E-state index is 11.8. The highest BCUT2D eigenvalue weighted by Crippen LogP contribution is 2.26. The van der Waals surface area contributed by atoms with Crippen molar-refractivity contribution in [2.24, 2.45) is 11.8 Å². The van der Waals surface area contributed by atoms with Gasteiger partial charge in [0, 0.05) is 32.1 Å². The molecule has 2 aliphatic heterocycles. The Kier molecular flexibility index (Phi) is 5.01. The summed E-state index contributed by atoms with van der Waals surface area (Å²) in [4.78, 5) is 14.2. The third-order valence-corrected chi connectivity index (χ3v) is 4.02. The lowest BCUT2D eigenvalue weighted by molar-refractivity contribution is -0.116. The standard InChI is InChI=1S/C13H20N4O2.ClH/c1-9-4-12(16-19-9)15-13(18)2-3-17-7-10-5-14-6-11(10)8-17;/h4,10-11,14H,2-3,5-8H2,1H3,(H,15,16,18);1H/t10-,11+;. The lowest BCUT2D eigenvalue weighted by Gasteiger charge is -2.16. The maximum absolute atomic E-state index is 11.8. The van der Waals surface area contributed by atoms with Gasteiger partial charge in [-0.1, -0.05) is 5.16 Å². The van der Waals surface area contributed by atoms with Crippen LogP contribution in [0.5, 0.6) is 0 Å². The molecule has 2 N–H and O–H groups in total. The number of amides is 1. The Hall–Kier alpha value is -1.11. The van der Waals surface area contributed by atoms with Crippen LogP contribution in [0.1, 0.15) is 12.2 Å². The lowest BCUT2D eigenvalue weighted by atomic mass is 10.0. The molecular weight excluding hydrogens is 280 g/mol. The number of halogens is 1. The van der Waals surface area contributed by atoms with Crippen LogP contribution in [0.2, 0.25) is 0 Å². The van der Waals surface area contributed by atoms with E-state index in [1.807, 2.05) is 0 Å². The van der Waals surface area contributed by atoms with Crippen LogP contribution in [0.3, 0.4) is 0 Å². The highest BCUT2D eigenvalue weighted by Gasteiger charge is 2.35. The second-order valence-electron chi connectivity index (χ2n) is 5.56. The van der Waals surface area contributed by atoms with E-state index in [-0.39, 0.29) is 18.3 Å². The zero-order valence-corrected chi connectivity index (χ0v) is 12.4. The van der Waals surface area contributed by atoms with Crippen LogP contribution in [0.4, 0.5) is 5.82 Å². The summed E-state index contributed by atoms with van der Waals surface area (Å²) < 4.78 is 4.91. The monoisotopic (exact) mass is 300 g/mol. The van der Waals surface area contributed by atoms with Gasteiger partial charge in [0.2, 0.25) is 5.91 Å². The lowest BCUT2D eigenvalue weighted by Crippen LogP contribution is -2.29. The van der Waals surface area contributed by atoms with Crippen molar-refractivity contribution < 1.29 is 9.32 Å². The zero-order chi connectivity index (χ0) is 13.2. The summed E-state index contributed by atoms with van der Waals surface area (Å²) in [5.74, 6) is 2.77. The van der Waals surface area contributed by atoms with Crippen molar-refractivity contribution in [1.82, 2.24) is 15.4 Å². The Morgan fingerprint density at radius 3 is 2.80 bits per heavy atom. The van der Waals surface area contributed by atoms with Crippen molar-refractivity contribution in [3.05, 3.63) is 11.8 Å². The summed E-state index contributed by atoms with van der Waals surface area (Å²) in [5, 5.41) is 9.93. The van der Waals surface area contributed by atoms with Gasteiger partial charge in [-0.15, -0.1) is 12.4 Å². The number of anilines is 1. The van der Waals surface area contributed by atoms with Gasteiger partial charge in [0.05, 0.1) is 0 Å². The molecule has 7 heteroatoms. The average Bonchev–Trinajstić information content (AvgIpc) is 3.02. The summed E-state index contributed by atoms with van der Waals surface area (Å²) >= 11 is 0. The Balaban J connectivity index is 0.00000147. The molecule has 2 atom stereocenters. The van der Waals surface area contributed by atoms with Crippen LogP contribution in [0.15, 0.2) is 10.6 Å². The fourth-order valence-corrected chi connectivity index (χ4v) is 3.03. The second-order valence-corrected chi connectivity index (χ2v) is 5.56. The van der Waals surface area contributed by atoms with Gasteiger partial charge in [-0.25, -0.2) is 0 Å². The molecule has 0 aliphatic carbocycles. The molecule has 2 aliphatic rings. The van der Waals surface area contributed by atoms with Crippen LogP contribution in [0, 0.1) is 18.8 Å². The van der Waals surface area contributed by atoms with E-state index in [0.29, 0.717) is 18.0 Å². The number of carbonyl (C=O) groups excluding carboxylic acids is 1. The summed E-state index contributed by atoms with van der Waals surface area (Å²) in [6.07, 6.45) is 0.513. The average molecular weight is 301 g/mol. The molecule has 0 saturated carbocycles. The molecule has 0 unspecified atom stereocenters. The minimum Gasteiger partial charge on any atom is -0.360 e. The van der Waals surface area contributed by atoms with Crippen molar-refractivity contribution >= 4 is 24.1 Å². The molecule has 2 saturated heterocycles. The van der Waals surface area contributed by atoms with Crippen molar-refractivity contribution in [3.8, 4) is 0 Å². The summed E-state index contributed by atoms with van der Waals surface area (Å²) in [5.41, 5.74) is 0. The van der Waals surface area contributed by atoms with E-state index in [1.54, 1.807) is 13.0 Å². The Morgan fingerprint density at radius 1 is 1.50 bits per heavy atom. The van der Waals surface area contributed by atoms with Gasteiger partial charge in [-0.3, -0.25) is 4.79 Å². The molecule has 1 amide bonds. The minimum atomic E-state index is 0. The minimum absolute atomic E-state index is 0. The summed E-state index contributed by atoms with van der Waals surface area (Å²) in [7, 11) is 0. The van der Waals surface area contributed by atoms with E-state index in [0.717, 1.165) is 44.6 Å². The molecule has 0 spiro atoms. The van der Waals surface area contributed by atoms with Gasteiger partial charge in [-0.05, 0) is 31.8 Å². The van der Waals surface area contributed by atoms with E-state index in [9.17, 15) is 4.79 Å². The molecule has 0 radical (unpaired) electrons. The fourth-order valence-electron chi connectivity index (χ4n) is 3.03. The third-order valence-electron chi connectivity index (χ3n) is 4.02. The van der Waals surface area contributed by atoms with Gasteiger partial charge in [0.15, 0.2) is 5.82 Å². The molecule has 1 aromatic rings. The largest absolute Gasteiger partial charge is 0.360 e.